The molecule has 1 amide bonds. The molecule has 0 radical (unpaired) electrons. The van der Waals surface area contributed by atoms with Crippen molar-refractivity contribution in [2.75, 3.05) is 44.0 Å². The fraction of sp³-hybridized carbons (Fsp3) is 0.391. The van der Waals surface area contributed by atoms with E-state index in [0.29, 0.717) is 18.8 Å². The van der Waals surface area contributed by atoms with Crippen molar-refractivity contribution in [2.24, 2.45) is 5.16 Å². The zero-order chi connectivity index (χ0) is 23.0. The predicted molar refractivity (Wildman–Crippen MR) is 127 cm³/mol. The first kappa shape index (κ1) is 23.7. The molecule has 1 saturated heterocycles. The van der Waals surface area contributed by atoms with Gasteiger partial charge in [0.15, 0.2) is 6.61 Å². The number of carbonyl (C=O) groups is 1. The summed E-state index contributed by atoms with van der Waals surface area (Å²) in [5.74, 6) is -0.422. The van der Waals surface area contributed by atoms with Crippen LogP contribution in [-0.2, 0) is 19.7 Å². The van der Waals surface area contributed by atoms with Crippen LogP contribution in [0, 0.1) is 0 Å². The van der Waals surface area contributed by atoms with Crippen LogP contribution < -0.4 is 10.2 Å². The molecule has 3 rings (SSSR count). The van der Waals surface area contributed by atoms with Crippen molar-refractivity contribution in [3.8, 4) is 0 Å². The second-order valence-electron chi connectivity index (χ2n) is 7.89. The molecule has 1 N–H and O–H groups in total. The lowest BCUT2D eigenvalue weighted by Crippen LogP contribution is -2.32. The van der Waals surface area contributed by atoms with E-state index in [2.05, 4.69) is 10.5 Å². The first-order chi connectivity index (χ1) is 15.4. The molecule has 1 heterocycles. The fourth-order valence-electron chi connectivity index (χ4n) is 3.42. The molecule has 0 spiro atoms. The van der Waals surface area contributed by atoms with Gasteiger partial charge >= 0.3 is 0 Å². The molecule has 1 fully saturated rings. The Kier molecular flexibility index (Phi) is 8.24. The highest BCUT2D eigenvalue weighted by Crippen LogP contribution is 2.22. The number of nitrogens with zero attached hydrogens (tertiary/aromatic N) is 3. The van der Waals surface area contributed by atoms with E-state index in [1.54, 1.807) is 18.2 Å². The van der Waals surface area contributed by atoms with Gasteiger partial charge in [-0.1, -0.05) is 36.2 Å². The number of amides is 1. The lowest BCUT2D eigenvalue weighted by molar-refractivity contribution is -0.120. The van der Waals surface area contributed by atoms with Gasteiger partial charge in [-0.3, -0.25) is 4.79 Å². The minimum Gasteiger partial charge on any atom is -0.386 e. The Labute approximate surface area is 189 Å². The lowest BCUT2D eigenvalue weighted by atomic mass is 10.2. The number of rotatable bonds is 8. The van der Waals surface area contributed by atoms with Gasteiger partial charge in [-0.25, -0.2) is 8.42 Å². The van der Waals surface area contributed by atoms with Crippen LogP contribution in [0.25, 0.3) is 0 Å². The molecular formula is C23H30N4O4S. The number of anilines is 2. The minimum atomic E-state index is -3.58. The van der Waals surface area contributed by atoms with Gasteiger partial charge in [0.1, 0.15) is 0 Å². The van der Waals surface area contributed by atoms with Crippen LogP contribution in [0.4, 0.5) is 11.4 Å². The average Bonchev–Trinajstić information content (AvgIpc) is 3.07. The molecule has 0 unspecified atom stereocenters. The van der Waals surface area contributed by atoms with Gasteiger partial charge in [-0.2, -0.15) is 4.31 Å². The summed E-state index contributed by atoms with van der Waals surface area (Å²) in [7, 11) is 0.347. The summed E-state index contributed by atoms with van der Waals surface area (Å²) in [5, 5.41) is 6.48. The van der Waals surface area contributed by atoms with Gasteiger partial charge in [0, 0.05) is 38.6 Å². The van der Waals surface area contributed by atoms with E-state index in [4.69, 9.17) is 4.84 Å². The summed E-state index contributed by atoms with van der Waals surface area (Å²) >= 11 is 0. The van der Waals surface area contributed by atoms with Crippen LogP contribution in [-0.4, -0.2) is 58.6 Å². The lowest BCUT2D eigenvalue weighted by Gasteiger charge is -2.20. The molecule has 1 aliphatic heterocycles. The van der Waals surface area contributed by atoms with E-state index in [1.165, 1.54) is 16.6 Å². The highest BCUT2D eigenvalue weighted by atomic mass is 32.2. The zero-order valence-corrected chi connectivity index (χ0v) is 19.3. The van der Waals surface area contributed by atoms with Gasteiger partial charge in [-0.15, -0.1) is 0 Å². The molecule has 2 aromatic rings. The van der Waals surface area contributed by atoms with Gasteiger partial charge in [-0.05, 0) is 48.7 Å². The summed E-state index contributed by atoms with van der Waals surface area (Å²) in [6.45, 7) is 0.778. The van der Waals surface area contributed by atoms with Gasteiger partial charge < -0.3 is 15.1 Å². The van der Waals surface area contributed by atoms with E-state index < -0.39 is 15.9 Å². The zero-order valence-electron chi connectivity index (χ0n) is 18.5. The summed E-state index contributed by atoms with van der Waals surface area (Å²) in [6, 6.07) is 14.0. The monoisotopic (exact) mass is 458 g/mol. The Bertz CT molecular complexity index is 1030. The number of nitrogens with one attached hydrogen (secondary N) is 1. The molecule has 0 aromatic heterocycles. The number of hydrogen-bond acceptors (Lipinski definition) is 6. The van der Waals surface area contributed by atoms with Crippen molar-refractivity contribution in [3.05, 3.63) is 54.1 Å². The fourth-order valence-corrected chi connectivity index (χ4v) is 4.98. The first-order valence-corrected chi connectivity index (χ1v) is 12.1. The molecule has 0 aliphatic carbocycles. The maximum atomic E-state index is 12.9. The van der Waals surface area contributed by atoms with Crippen molar-refractivity contribution >= 4 is 33.5 Å². The van der Waals surface area contributed by atoms with Crippen molar-refractivity contribution in [3.63, 3.8) is 0 Å². The number of hydrogen-bond donors (Lipinski definition) is 1. The average molecular weight is 459 g/mol. The molecule has 0 atom stereocenters. The van der Waals surface area contributed by atoms with Crippen LogP contribution in [0.3, 0.4) is 0 Å². The standard InChI is InChI=1S/C23H30N4O4S/c1-26(2)21-12-10-19(11-13-21)17-24-31-18-23(28)25-20-8-7-9-22(16-20)32(29,30)27-14-5-3-4-6-15-27/h7-13,16-17H,3-6,14-15,18H2,1-2H3,(H,25,28)/b24-17+. The smallest absolute Gasteiger partial charge is 0.265 e. The Morgan fingerprint density at radius 1 is 1.09 bits per heavy atom. The normalized spacial score (nSPS) is 15.3. The maximum absolute atomic E-state index is 12.9. The van der Waals surface area contributed by atoms with Crippen molar-refractivity contribution in [1.82, 2.24) is 4.31 Å². The highest BCUT2D eigenvalue weighted by molar-refractivity contribution is 7.89. The Hall–Kier alpha value is -2.91. The predicted octanol–water partition coefficient (Wildman–Crippen LogP) is 3.31. The molecule has 0 saturated carbocycles. The molecule has 8 nitrogen and oxygen atoms in total. The number of oxime groups is 1. The van der Waals surface area contributed by atoms with E-state index in [-0.39, 0.29) is 11.5 Å². The van der Waals surface area contributed by atoms with Gasteiger partial charge in [0.25, 0.3) is 5.91 Å². The quantitative estimate of drug-likeness (QED) is 0.484. The van der Waals surface area contributed by atoms with Gasteiger partial charge in [0.05, 0.1) is 11.1 Å². The van der Waals surface area contributed by atoms with Crippen LogP contribution in [0.2, 0.25) is 0 Å². The Morgan fingerprint density at radius 2 is 1.78 bits per heavy atom. The number of sulfonamides is 1. The molecular weight excluding hydrogens is 428 g/mol. The Balaban J connectivity index is 1.54. The molecule has 172 valence electrons. The van der Waals surface area contributed by atoms with Crippen LogP contribution in [0.5, 0.6) is 0 Å². The maximum Gasteiger partial charge on any atom is 0.265 e. The van der Waals surface area contributed by atoms with Crippen molar-refractivity contribution < 1.29 is 18.0 Å². The van der Waals surface area contributed by atoms with E-state index in [1.807, 2.05) is 43.3 Å². The van der Waals surface area contributed by atoms with Crippen molar-refractivity contribution in [1.29, 1.82) is 0 Å². The third kappa shape index (κ3) is 6.54. The molecule has 9 heteroatoms. The van der Waals surface area contributed by atoms with Crippen molar-refractivity contribution in [2.45, 2.75) is 30.6 Å². The second-order valence-corrected chi connectivity index (χ2v) is 9.83. The second kappa shape index (κ2) is 11.1. The molecule has 1 aliphatic rings. The van der Waals surface area contributed by atoms with Crippen LogP contribution in [0.15, 0.2) is 58.6 Å². The van der Waals surface area contributed by atoms with E-state index in [0.717, 1.165) is 36.9 Å². The van der Waals surface area contributed by atoms with E-state index >= 15 is 0 Å². The third-order valence-electron chi connectivity index (χ3n) is 5.20. The minimum absolute atomic E-state index is 0.178. The van der Waals surface area contributed by atoms with E-state index in [9.17, 15) is 13.2 Å². The first-order valence-electron chi connectivity index (χ1n) is 10.7. The molecule has 32 heavy (non-hydrogen) atoms. The third-order valence-corrected chi connectivity index (χ3v) is 7.10. The number of carbonyl (C=O) groups excluding carboxylic acids is 1. The summed E-state index contributed by atoms with van der Waals surface area (Å²) in [6.07, 6.45) is 5.36. The Morgan fingerprint density at radius 3 is 2.44 bits per heavy atom. The summed E-state index contributed by atoms with van der Waals surface area (Å²) < 4.78 is 27.4. The van der Waals surface area contributed by atoms with Crippen LogP contribution in [0.1, 0.15) is 31.2 Å². The molecule has 0 bridgehead atoms. The summed E-state index contributed by atoms with van der Waals surface area (Å²) in [5.41, 5.74) is 2.32. The topological polar surface area (TPSA) is 91.3 Å². The largest absolute Gasteiger partial charge is 0.386 e. The highest BCUT2D eigenvalue weighted by Gasteiger charge is 2.25. The van der Waals surface area contributed by atoms with Crippen LogP contribution >= 0.6 is 0 Å². The van der Waals surface area contributed by atoms with Gasteiger partial charge in [0.2, 0.25) is 10.0 Å². The number of benzene rings is 2. The molecule has 2 aromatic carbocycles. The summed E-state index contributed by atoms with van der Waals surface area (Å²) in [4.78, 5) is 19.4. The SMILES string of the molecule is CN(C)c1ccc(/C=N/OCC(=O)Nc2cccc(S(=O)(=O)N3CCCCCC3)c2)cc1.